The minimum Gasteiger partial charge on any atom is -0.391 e. The van der Waals surface area contributed by atoms with Crippen LogP contribution in [0.1, 0.15) is 6.42 Å². The fourth-order valence-corrected chi connectivity index (χ4v) is 0.839. The molecule has 1 rings (SSSR count). The van der Waals surface area contributed by atoms with Gasteiger partial charge in [-0.2, -0.15) is 13.2 Å². The summed E-state index contributed by atoms with van der Waals surface area (Å²) in [6.07, 6.45) is -7.37. The van der Waals surface area contributed by atoms with E-state index in [1.165, 1.54) is 0 Å². The van der Waals surface area contributed by atoms with E-state index in [2.05, 4.69) is 4.74 Å². The van der Waals surface area contributed by atoms with Crippen LogP contribution in [0.4, 0.5) is 13.2 Å². The Hall–Kier alpha value is -0.290. The zero-order chi connectivity index (χ0) is 7.78. The summed E-state index contributed by atoms with van der Waals surface area (Å²) in [6.45, 7) is -0.204. The molecule has 1 fully saturated rings. The van der Waals surface area contributed by atoms with Crippen LogP contribution in [0, 0.1) is 0 Å². The fourth-order valence-electron chi connectivity index (χ4n) is 0.839. The Morgan fingerprint density at radius 1 is 1.40 bits per heavy atom. The molecule has 1 heterocycles. The molecule has 0 spiro atoms. The van der Waals surface area contributed by atoms with Crippen molar-refractivity contribution in [2.75, 3.05) is 6.61 Å². The summed E-state index contributed by atoms with van der Waals surface area (Å²) in [5.74, 6) is 0. The molecule has 2 nitrogen and oxygen atoms in total. The fraction of sp³-hybridized carbons (Fsp3) is 1.00. The lowest BCUT2D eigenvalue weighted by atomic mass is 10.2. The van der Waals surface area contributed by atoms with Crippen molar-refractivity contribution in [3.63, 3.8) is 0 Å². The average Bonchev–Trinajstić information content (AvgIpc) is 2.11. The van der Waals surface area contributed by atoms with Crippen LogP contribution in [0.15, 0.2) is 0 Å². The summed E-state index contributed by atoms with van der Waals surface area (Å²) in [5.41, 5.74) is 0. The van der Waals surface area contributed by atoms with E-state index in [0.717, 1.165) is 0 Å². The zero-order valence-corrected chi connectivity index (χ0v) is 5.06. The molecule has 0 aromatic heterocycles. The van der Waals surface area contributed by atoms with E-state index in [4.69, 9.17) is 5.11 Å². The third-order valence-electron chi connectivity index (χ3n) is 1.34. The first-order chi connectivity index (χ1) is 4.50. The van der Waals surface area contributed by atoms with Crippen LogP contribution >= 0.6 is 0 Å². The SMILES string of the molecule is O[C@@H]1CO[C@@H](C(F)(F)F)C1. The Kier molecular flexibility index (Phi) is 1.87. The van der Waals surface area contributed by atoms with Crippen molar-refractivity contribution in [1.82, 2.24) is 0 Å². The predicted octanol–water partition coefficient (Wildman–Crippen LogP) is 0.698. The average molecular weight is 156 g/mol. The molecule has 0 unspecified atom stereocenters. The van der Waals surface area contributed by atoms with E-state index in [1.54, 1.807) is 0 Å². The topological polar surface area (TPSA) is 29.5 Å². The van der Waals surface area contributed by atoms with E-state index in [1.807, 2.05) is 0 Å². The van der Waals surface area contributed by atoms with Crippen LogP contribution in [0.2, 0.25) is 0 Å². The molecule has 60 valence electrons. The molecular weight excluding hydrogens is 149 g/mol. The van der Waals surface area contributed by atoms with Gasteiger partial charge in [-0.25, -0.2) is 0 Å². The molecule has 2 atom stereocenters. The van der Waals surface area contributed by atoms with Gasteiger partial charge in [-0.05, 0) is 0 Å². The highest BCUT2D eigenvalue weighted by Gasteiger charge is 2.45. The third kappa shape index (κ3) is 1.60. The number of alkyl halides is 3. The summed E-state index contributed by atoms with van der Waals surface area (Å²) >= 11 is 0. The van der Waals surface area contributed by atoms with Gasteiger partial charge in [0.2, 0.25) is 0 Å². The summed E-state index contributed by atoms with van der Waals surface area (Å²) in [5, 5.41) is 8.64. The van der Waals surface area contributed by atoms with Gasteiger partial charge in [0.15, 0.2) is 6.10 Å². The number of hydrogen-bond acceptors (Lipinski definition) is 2. The Balaban J connectivity index is 2.45. The van der Waals surface area contributed by atoms with Crippen molar-refractivity contribution in [2.45, 2.75) is 24.8 Å². The van der Waals surface area contributed by atoms with Gasteiger partial charge in [0, 0.05) is 6.42 Å². The second-order valence-electron chi connectivity index (χ2n) is 2.25. The monoisotopic (exact) mass is 156 g/mol. The maximum absolute atomic E-state index is 11.7. The first kappa shape index (κ1) is 7.81. The highest BCUT2D eigenvalue weighted by atomic mass is 19.4. The molecular formula is C5H7F3O2. The smallest absolute Gasteiger partial charge is 0.391 e. The van der Waals surface area contributed by atoms with Gasteiger partial charge >= 0.3 is 6.18 Å². The quantitative estimate of drug-likeness (QED) is 0.559. The van der Waals surface area contributed by atoms with E-state index in [0.29, 0.717) is 0 Å². The Morgan fingerprint density at radius 3 is 2.20 bits per heavy atom. The summed E-state index contributed by atoms with van der Waals surface area (Å²) < 4.78 is 39.3. The predicted molar refractivity (Wildman–Crippen MR) is 26.4 cm³/mol. The minimum absolute atomic E-state index is 0.204. The standard InChI is InChI=1S/C5H7F3O2/c6-5(7,8)4-1-3(9)2-10-4/h3-4,9H,1-2H2/t3-,4+/m0/s1. The molecule has 0 radical (unpaired) electrons. The van der Waals surface area contributed by atoms with Gasteiger partial charge in [0.1, 0.15) is 0 Å². The largest absolute Gasteiger partial charge is 0.414 e. The maximum Gasteiger partial charge on any atom is 0.414 e. The van der Waals surface area contributed by atoms with Crippen LogP contribution in [-0.4, -0.2) is 30.1 Å². The lowest BCUT2D eigenvalue weighted by molar-refractivity contribution is -0.206. The van der Waals surface area contributed by atoms with Crippen molar-refractivity contribution >= 4 is 0 Å². The lowest BCUT2D eigenvalue weighted by Crippen LogP contribution is -2.27. The molecule has 1 aliphatic heterocycles. The number of hydrogen-bond donors (Lipinski definition) is 1. The van der Waals surface area contributed by atoms with Crippen molar-refractivity contribution < 1.29 is 23.0 Å². The lowest BCUT2D eigenvalue weighted by Gasteiger charge is -2.12. The Morgan fingerprint density at radius 2 is 2.00 bits per heavy atom. The first-order valence-electron chi connectivity index (χ1n) is 2.86. The van der Waals surface area contributed by atoms with Gasteiger partial charge in [0.05, 0.1) is 12.7 Å². The molecule has 0 aliphatic carbocycles. The van der Waals surface area contributed by atoms with Crippen LogP contribution in [0.25, 0.3) is 0 Å². The molecule has 1 N–H and O–H groups in total. The van der Waals surface area contributed by atoms with Crippen LogP contribution in [0.5, 0.6) is 0 Å². The number of halogens is 3. The summed E-state index contributed by atoms with van der Waals surface area (Å²) in [6, 6.07) is 0. The maximum atomic E-state index is 11.7. The van der Waals surface area contributed by atoms with Crippen LogP contribution in [0.3, 0.4) is 0 Å². The molecule has 1 saturated heterocycles. The molecule has 0 bridgehead atoms. The molecule has 0 amide bonds. The Bertz CT molecular complexity index is 123. The minimum atomic E-state index is -4.32. The van der Waals surface area contributed by atoms with Crippen LogP contribution < -0.4 is 0 Å². The van der Waals surface area contributed by atoms with Gasteiger partial charge in [-0.3, -0.25) is 0 Å². The van der Waals surface area contributed by atoms with Gasteiger partial charge < -0.3 is 9.84 Å². The van der Waals surface area contributed by atoms with Crippen molar-refractivity contribution in [2.24, 2.45) is 0 Å². The third-order valence-corrected chi connectivity index (χ3v) is 1.34. The molecule has 0 saturated carbocycles. The van der Waals surface area contributed by atoms with Gasteiger partial charge in [0.25, 0.3) is 0 Å². The summed E-state index contributed by atoms with van der Waals surface area (Å²) in [7, 11) is 0. The van der Waals surface area contributed by atoms with Crippen molar-refractivity contribution in [3.05, 3.63) is 0 Å². The number of ether oxygens (including phenoxy) is 1. The number of aliphatic hydroxyl groups excluding tert-OH is 1. The molecule has 0 aromatic rings. The van der Waals surface area contributed by atoms with Crippen molar-refractivity contribution in [3.8, 4) is 0 Å². The zero-order valence-electron chi connectivity index (χ0n) is 5.06. The second-order valence-corrected chi connectivity index (χ2v) is 2.25. The van der Waals surface area contributed by atoms with Gasteiger partial charge in [-0.1, -0.05) is 0 Å². The van der Waals surface area contributed by atoms with E-state index in [-0.39, 0.29) is 13.0 Å². The number of rotatable bonds is 0. The Labute approximate surface area is 55.6 Å². The second kappa shape index (κ2) is 2.39. The summed E-state index contributed by atoms with van der Waals surface area (Å²) in [4.78, 5) is 0. The molecule has 10 heavy (non-hydrogen) atoms. The van der Waals surface area contributed by atoms with E-state index in [9.17, 15) is 13.2 Å². The molecule has 5 heteroatoms. The molecule has 1 aliphatic rings. The van der Waals surface area contributed by atoms with E-state index >= 15 is 0 Å². The normalized spacial score (nSPS) is 34.8. The van der Waals surface area contributed by atoms with Gasteiger partial charge in [-0.15, -0.1) is 0 Å². The molecule has 0 aromatic carbocycles. The van der Waals surface area contributed by atoms with Crippen molar-refractivity contribution in [1.29, 1.82) is 0 Å². The highest BCUT2D eigenvalue weighted by molar-refractivity contribution is 4.77. The highest BCUT2D eigenvalue weighted by Crippen LogP contribution is 2.29. The van der Waals surface area contributed by atoms with Crippen LogP contribution in [-0.2, 0) is 4.74 Å². The first-order valence-corrected chi connectivity index (χ1v) is 2.86. The number of aliphatic hydroxyl groups is 1. The van der Waals surface area contributed by atoms with E-state index < -0.39 is 18.4 Å².